The Morgan fingerprint density at radius 1 is 0.914 bits per heavy atom. The number of rotatable bonds is 11. The van der Waals surface area contributed by atoms with E-state index in [0.717, 1.165) is 40.6 Å². The van der Waals surface area contributed by atoms with Crippen LogP contribution in [0.4, 0.5) is 0 Å². The number of imidazole rings is 1. The van der Waals surface area contributed by atoms with Crippen LogP contribution in [0.25, 0.3) is 22.5 Å². The normalized spacial score (nSPS) is 11.5. The molecule has 0 saturated heterocycles. The van der Waals surface area contributed by atoms with E-state index in [1.165, 1.54) is 0 Å². The van der Waals surface area contributed by atoms with E-state index in [9.17, 15) is 8.42 Å². The molecule has 0 radical (unpaired) electrons. The second kappa shape index (κ2) is 11.6. The smallest absolute Gasteiger partial charge is 0.240 e. The van der Waals surface area contributed by atoms with Crippen molar-refractivity contribution >= 4 is 21.8 Å². The summed E-state index contributed by atoms with van der Waals surface area (Å²) in [5.41, 5.74) is 4.19. The minimum atomic E-state index is -3.60. The van der Waals surface area contributed by atoms with Crippen molar-refractivity contribution < 1.29 is 13.2 Å². The molecular weight excluding hydrogens is 478 g/mol. The van der Waals surface area contributed by atoms with E-state index in [2.05, 4.69) is 40.5 Å². The van der Waals surface area contributed by atoms with E-state index in [4.69, 9.17) is 9.72 Å². The average molecular weight is 508 g/mol. The van der Waals surface area contributed by atoms with Crippen LogP contribution >= 0.6 is 11.8 Å². The highest BCUT2D eigenvalue weighted by molar-refractivity contribution is 7.99. The third-order valence-corrected chi connectivity index (χ3v) is 7.92. The highest BCUT2D eigenvalue weighted by Gasteiger charge is 2.20. The first-order valence-corrected chi connectivity index (χ1v) is 14.0. The molecule has 1 heterocycles. The first-order chi connectivity index (χ1) is 17.0. The molecule has 0 bridgehead atoms. The molecule has 0 unspecified atom stereocenters. The average Bonchev–Trinajstić information content (AvgIpc) is 3.26. The molecule has 0 aliphatic heterocycles. The van der Waals surface area contributed by atoms with Gasteiger partial charge in [0.25, 0.3) is 0 Å². The lowest BCUT2D eigenvalue weighted by Gasteiger charge is -2.12. The zero-order chi connectivity index (χ0) is 24.7. The van der Waals surface area contributed by atoms with Crippen molar-refractivity contribution in [3.8, 4) is 28.3 Å². The minimum Gasteiger partial charge on any atom is -0.497 e. The highest BCUT2D eigenvalue weighted by atomic mass is 32.2. The van der Waals surface area contributed by atoms with E-state index in [1.807, 2.05) is 36.4 Å². The van der Waals surface area contributed by atoms with Crippen LogP contribution in [0, 0.1) is 0 Å². The molecule has 0 amide bonds. The largest absolute Gasteiger partial charge is 0.497 e. The Morgan fingerprint density at radius 2 is 1.54 bits per heavy atom. The van der Waals surface area contributed by atoms with E-state index in [0.29, 0.717) is 18.0 Å². The molecular formula is C27H29N3O3S2. The number of sulfonamides is 1. The summed E-state index contributed by atoms with van der Waals surface area (Å²) in [6.07, 6.45) is 0.960. The molecule has 35 heavy (non-hydrogen) atoms. The summed E-state index contributed by atoms with van der Waals surface area (Å²) in [5.74, 6) is 1.17. The number of benzene rings is 3. The van der Waals surface area contributed by atoms with Crippen molar-refractivity contribution in [3.05, 3.63) is 84.9 Å². The van der Waals surface area contributed by atoms with Crippen LogP contribution in [0.2, 0.25) is 0 Å². The van der Waals surface area contributed by atoms with Crippen molar-refractivity contribution in [2.75, 3.05) is 19.4 Å². The van der Waals surface area contributed by atoms with E-state index in [-0.39, 0.29) is 4.90 Å². The number of hydrogen-bond donors (Lipinski definition) is 1. The fourth-order valence-electron chi connectivity index (χ4n) is 3.82. The van der Waals surface area contributed by atoms with Gasteiger partial charge in [0.15, 0.2) is 5.16 Å². The van der Waals surface area contributed by atoms with E-state index in [1.54, 1.807) is 43.1 Å². The lowest BCUT2D eigenvalue weighted by atomic mass is 10.0. The lowest BCUT2D eigenvalue weighted by Crippen LogP contribution is -2.26. The summed E-state index contributed by atoms with van der Waals surface area (Å²) < 4.78 is 35.4. The Kier molecular flexibility index (Phi) is 8.28. The Labute approximate surface area is 211 Å². The van der Waals surface area contributed by atoms with Crippen LogP contribution in [-0.4, -0.2) is 37.4 Å². The Morgan fingerprint density at radius 3 is 2.14 bits per heavy atom. The maximum Gasteiger partial charge on any atom is 0.240 e. The highest BCUT2D eigenvalue weighted by Crippen LogP contribution is 2.36. The summed E-state index contributed by atoms with van der Waals surface area (Å²) in [5, 5.41) is 0.883. The van der Waals surface area contributed by atoms with Gasteiger partial charge in [0.1, 0.15) is 5.75 Å². The summed E-state index contributed by atoms with van der Waals surface area (Å²) >= 11 is 1.56. The van der Waals surface area contributed by atoms with Crippen molar-refractivity contribution in [3.63, 3.8) is 0 Å². The second-order valence-electron chi connectivity index (χ2n) is 7.90. The molecule has 0 aliphatic rings. The standard InChI is InChI=1S/C27H29N3O3S2/c1-3-19-30-26(22-12-8-5-9-13-22)25(21-10-6-4-7-11-21)29-27(30)34-20-18-28-35(31,32)24-16-14-23(33-2)15-17-24/h4-17,28H,3,18-20H2,1-2H3. The molecule has 8 heteroatoms. The maximum atomic E-state index is 12.7. The fourth-order valence-corrected chi connectivity index (χ4v) is 5.86. The van der Waals surface area contributed by atoms with Gasteiger partial charge < -0.3 is 9.30 Å². The van der Waals surface area contributed by atoms with Crippen LogP contribution in [0.15, 0.2) is 95.0 Å². The Hall–Kier alpha value is -3.07. The topological polar surface area (TPSA) is 73.2 Å². The van der Waals surface area contributed by atoms with Crippen LogP contribution in [0.5, 0.6) is 5.75 Å². The predicted molar refractivity (Wildman–Crippen MR) is 142 cm³/mol. The number of nitrogens with one attached hydrogen (secondary N) is 1. The van der Waals surface area contributed by atoms with Crippen molar-refractivity contribution in [2.45, 2.75) is 29.9 Å². The van der Waals surface area contributed by atoms with Crippen molar-refractivity contribution in [1.29, 1.82) is 0 Å². The third-order valence-electron chi connectivity index (χ3n) is 5.47. The number of hydrogen-bond acceptors (Lipinski definition) is 5. The summed E-state index contributed by atoms with van der Waals surface area (Å²) in [4.78, 5) is 5.24. The van der Waals surface area contributed by atoms with E-state index >= 15 is 0 Å². The van der Waals surface area contributed by atoms with Gasteiger partial charge in [-0.05, 0) is 30.7 Å². The Bertz CT molecular complexity index is 1340. The predicted octanol–water partition coefficient (Wildman–Crippen LogP) is 5.71. The molecule has 1 N–H and O–H groups in total. The van der Waals surface area contributed by atoms with Crippen LogP contribution in [0.1, 0.15) is 13.3 Å². The zero-order valence-electron chi connectivity index (χ0n) is 19.8. The zero-order valence-corrected chi connectivity index (χ0v) is 21.5. The summed E-state index contributed by atoms with van der Waals surface area (Å²) in [6.45, 7) is 3.26. The third kappa shape index (κ3) is 5.96. The van der Waals surface area contributed by atoms with Crippen LogP contribution < -0.4 is 9.46 Å². The van der Waals surface area contributed by atoms with Crippen molar-refractivity contribution in [1.82, 2.24) is 14.3 Å². The molecule has 3 aromatic carbocycles. The molecule has 6 nitrogen and oxygen atoms in total. The van der Waals surface area contributed by atoms with Gasteiger partial charge in [-0.25, -0.2) is 18.1 Å². The molecule has 0 fully saturated rings. The molecule has 4 rings (SSSR count). The van der Waals surface area contributed by atoms with Gasteiger partial charge in [0.2, 0.25) is 10.0 Å². The monoisotopic (exact) mass is 507 g/mol. The molecule has 4 aromatic rings. The fraction of sp³-hybridized carbons (Fsp3) is 0.222. The molecule has 182 valence electrons. The first kappa shape index (κ1) is 25.0. The van der Waals surface area contributed by atoms with E-state index < -0.39 is 10.0 Å². The summed E-state index contributed by atoms with van der Waals surface area (Å²) in [7, 11) is -2.05. The van der Waals surface area contributed by atoms with Crippen LogP contribution in [-0.2, 0) is 16.6 Å². The van der Waals surface area contributed by atoms with Gasteiger partial charge in [-0.3, -0.25) is 0 Å². The van der Waals surface area contributed by atoms with Gasteiger partial charge in [-0.2, -0.15) is 0 Å². The van der Waals surface area contributed by atoms with Gasteiger partial charge >= 0.3 is 0 Å². The quantitative estimate of drug-likeness (QED) is 0.208. The minimum absolute atomic E-state index is 0.216. The lowest BCUT2D eigenvalue weighted by molar-refractivity contribution is 0.414. The number of methoxy groups -OCH3 is 1. The molecule has 0 aliphatic carbocycles. The molecule has 0 atom stereocenters. The van der Waals surface area contributed by atoms with Gasteiger partial charge in [-0.1, -0.05) is 79.3 Å². The SMILES string of the molecule is CCCn1c(SCCNS(=O)(=O)c2ccc(OC)cc2)nc(-c2ccccc2)c1-c1ccccc1. The van der Waals surface area contributed by atoms with Crippen molar-refractivity contribution in [2.24, 2.45) is 0 Å². The maximum absolute atomic E-state index is 12.7. The number of nitrogens with zero attached hydrogens (tertiary/aromatic N) is 2. The molecule has 0 saturated carbocycles. The Balaban J connectivity index is 1.56. The van der Waals surface area contributed by atoms with Crippen LogP contribution in [0.3, 0.4) is 0 Å². The van der Waals surface area contributed by atoms with Gasteiger partial charge in [0, 0.05) is 30.0 Å². The summed E-state index contributed by atoms with van der Waals surface area (Å²) in [6, 6.07) is 26.8. The number of ether oxygens (including phenoxy) is 1. The second-order valence-corrected chi connectivity index (χ2v) is 10.7. The molecule has 0 spiro atoms. The van der Waals surface area contributed by atoms with Gasteiger partial charge in [0.05, 0.1) is 23.4 Å². The number of aromatic nitrogens is 2. The number of thioether (sulfide) groups is 1. The molecule has 1 aromatic heterocycles. The first-order valence-electron chi connectivity index (χ1n) is 11.5. The van der Waals surface area contributed by atoms with Gasteiger partial charge in [-0.15, -0.1) is 0 Å².